The van der Waals surface area contributed by atoms with Crippen LogP contribution in [0.25, 0.3) is 0 Å². The number of nitrogens with one attached hydrogen (secondary N) is 1. The van der Waals surface area contributed by atoms with Crippen molar-refractivity contribution in [2.75, 3.05) is 5.32 Å². The number of anilines is 1. The molecule has 0 saturated heterocycles. The molecule has 0 aliphatic heterocycles. The minimum absolute atomic E-state index is 0.0719. The van der Waals surface area contributed by atoms with Crippen molar-refractivity contribution in [2.24, 2.45) is 11.7 Å². The van der Waals surface area contributed by atoms with Crippen molar-refractivity contribution in [1.29, 1.82) is 0 Å². The predicted octanol–water partition coefficient (Wildman–Crippen LogP) is 1.31. The van der Waals surface area contributed by atoms with Gasteiger partial charge in [0.25, 0.3) is 0 Å². The number of nitrogens with two attached hydrogens (primary N) is 1. The van der Waals surface area contributed by atoms with Gasteiger partial charge in [0.2, 0.25) is 5.91 Å². The van der Waals surface area contributed by atoms with Gasteiger partial charge in [0, 0.05) is 12.2 Å². The number of aryl methyl sites for hydroxylation is 1. The molecule has 1 amide bonds. The second kappa shape index (κ2) is 4.89. The van der Waals surface area contributed by atoms with Crippen LogP contribution in [0, 0.1) is 12.8 Å². The first-order chi connectivity index (χ1) is 7.00. The zero-order chi connectivity index (χ0) is 11.4. The van der Waals surface area contributed by atoms with Gasteiger partial charge in [-0.2, -0.15) is 0 Å². The smallest absolute Gasteiger partial charge is 0.228 e. The lowest BCUT2D eigenvalue weighted by Gasteiger charge is -2.15. The second-order valence-electron chi connectivity index (χ2n) is 3.89. The quantitative estimate of drug-likeness (QED) is 0.785. The fourth-order valence-electron chi connectivity index (χ4n) is 1.12. The number of hydrogen-bond acceptors (Lipinski definition) is 3. The van der Waals surface area contributed by atoms with Crippen molar-refractivity contribution in [1.82, 2.24) is 4.98 Å². The van der Waals surface area contributed by atoms with E-state index in [1.54, 1.807) is 12.4 Å². The summed E-state index contributed by atoms with van der Waals surface area (Å²) in [7, 11) is 0. The largest absolute Gasteiger partial charge is 0.327 e. The Balaban J connectivity index is 2.66. The Kier molecular flexibility index (Phi) is 3.80. The second-order valence-corrected chi connectivity index (χ2v) is 3.89. The standard InChI is InChI=1S/C11H17N3O/c1-7-4-10(6-13-5-7)14-11(15)8(2)9(3)12/h4-6,8-9H,12H2,1-3H3,(H,14,15). The molecular formula is C11H17N3O. The fourth-order valence-corrected chi connectivity index (χ4v) is 1.12. The van der Waals surface area contributed by atoms with Crippen LogP contribution in [0.15, 0.2) is 18.5 Å². The number of hydrogen-bond donors (Lipinski definition) is 2. The molecule has 82 valence electrons. The molecule has 1 heterocycles. The predicted molar refractivity (Wildman–Crippen MR) is 60.4 cm³/mol. The molecule has 1 rings (SSSR count). The molecule has 15 heavy (non-hydrogen) atoms. The van der Waals surface area contributed by atoms with Gasteiger partial charge in [0.1, 0.15) is 0 Å². The molecule has 0 aliphatic carbocycles. The van der Waals surface area contributed by atoms with Crippen LogP contribution in [0.4, 0.5) is 5.69 Å². The molecule has 0 aliphatic rings. The van der Waals surface area contributed by atoms with E-state index < -0.39 is 0 Å². The van der Waals surface area contributed by atoms with E-state index in [4.69, 9.17) is 5.73 Å². The van der Waals surface area contributed by atoms with Crippen molar-refractivity contribution in [2.45, 2.75) is 26.8 Å². The maximum Gasteiger partial charge on any atom is 0.228 e. The molecule has 0 saturated carbocycles. The van der Waals surface area contributed by atoms with Crippen molar-refractivity contribution < 1.29 is 4.79 Å². The van der Waals surface area contributed by atoms with Gasteiger partial charge >= 0.3 is 0 Å². The minimum Gasteiger partial charge on any atom is -0.327 e. The molecule has 2 unspecified atom stereocenters. The number of nitrogens with zero attached hydrogens (tertiary/aromatic N) is 1. The highest BCUT2D eigenvalue weighted by molar-refractivity contribution is 5.92. The molecule has 3 N–H and O–H groups in total. The molecule has 0 radical (unpaired) electrons. The van der Waals surface area contributed by atoms with Gasteiger partial charge in [-0.25, -0.2) is 0 Å². The summed E-state index contributed by atoms with van der Waals surface area (Å²) in [4.78, 5) is 15.6. The molecule has 0 spiro atoms. The highest BCUT2D eigenvalue weighted by atomic mass is 16.1. The molecular weight excluding hydrogens is 190 g/mol. The molecule has 0 aromatic carbocycles. The van der Waals surface area contributed by atoms with E-state index in [0.29, 0.717) is 5.69 Å². The number of aromatic nitrogens is 1. The van der Waals surface area contributed by atoms with E-state index in [2.05, 4.69) is 10.3 Å². The zero-order valence-electron chi connectivity index (χ0n) is 9.32. The molecule has 0 fully saturated rings. The summed E-state index contributed by atoms with van der Waals surface area (Å²) in [6, 6.07) is 1.72. The van der Waals surface area contributed by atoms with E-state index in [-0.39, 0.29) is 17.9 Å². The summed E-state index contributed by atoms with van der Waals surface area (Å²) >= 11 is 0. The third kappa shape index (κ3) is 3.32. The topological polar surface area (TPSA) is 68.0 Å². The molecule has 0 bridgehead atoms. The number of pyridine rings is 1. The summed E-state index contributed by atoms with van der Waals surface area (Å²) in [5.41, 5.74) is 7.37. The van der Waals surface area contributed by atoms with Crippen LogP contribution in [0.5, 0.6) is 0 Å². The molecule has 2 atom stereocenters. The van der Waals surface area contributed by atoms with E-state index in [0.717, 1.165) is 5.56 Å². The van der Waals surface area contributed by atoms with Crippen LogP contribution in [-0.2, 0) is 4.79 Å². The van der Waals surface area contributed by atoms with Crippen LogP contribution in [0.3, 0.4) is 0 Å². The third-order valence-corrected chi connectivity index (χ3v) is 2.34. The van der Waals surface area contributed by atoms with Gasteiger partial charge in [-0.3, -0.25) is 9.78 Å². The molecule has 4 heteroatoms. The van der Waals surface area contributed by atoms with E-state index in [9.17, 15) is 4.79 Å². The Morgan fingerprint density at radius 1 is 1.47 bits per heavy atom. The van der Waals surface area contributed by atoms with Gasteiger partial charge < -0.3 is 11.1 Å². The lowest BCUT2D eigenvalue weighted by molar-refractivity contribution is -0.119. The van der Waals surface area contributed by atoms with Crippen molar-refractivity contribution in [3.05, 3.63) is 24.0 Å². The monoisotopic (exact) mass is 207 g/mol. The first-order valence-corrected chi connectivity index (χ1v) is 4.99. The van der Waals surface area contributed by atoms with Gasteiger partial charge in [0.15, 0.2) is 0 Å². The Bertz CT molecular complexity index is 349. The van der Waals surface area contributed by atoms with E-state index >= 15 is 0 Å². The van der Waals surface area contributed by atoms with E-state index in [1.165, 1.54) is 0 Å². The Morgan fingerprint density at radius 3 is 2.67 bits per heavy atom. The van der Waals surface area contributed by atoms with Crippen molar-refractivity contribution >= 4 is 11.6 Å². The lowest BCUT2D eigenvalue weighted by Crippen LogP contribution is -2.34. The molecule has 1 aromatic heterocycles. The summed E-state index contributed by atoms with van der Waals surface area (Å²) in [6.07, 6.45) is 3.36. The Labute approximate surface area is 89.9 Å². The van der Waals surface area contributed by atoms with Crippen molar-refractivity contribution in [3.63, 3.8) is 0 Å². The number of amides is 1. The van der Waals surface area contributed by atoms with Crippen LogP contribution in [0.1, 0.15) is 19.4 Å². The highest BCUT2D eigenvalue weighted by Crippen LogP contribution is 2.10. The number of carbonyl (C=O) groups excluding carboxylic acids is 1. The lowest BCUT2D eigenvalue weighted by atomic mass is 10.0. The highest BCUT2D eigenvalue weighted by Gasteiger charge is 2.16. The van der Waals surface area contributed by atoms with Crippen LogP contribution < -0.4 is 11.1 Å². The maximum absolute atomic E-state index is 11.6. The summed E-state index contributed by atoms with van der Waals surface area (Å²) in [5.74, 6) is -0.275. The summed E-state index contributed by atoms with van der Waals surface area (Å²) < 4.78 is 0. The Morgan fingerprint density at radius 2 is 2.13 bits per heavy atom. The normalized spacial score (nSPS) is 14.4. The summed E-state index contributed by atoms with van der Waals surface area (Å²) in [6.45, 7) is 5.56. The Hall–Kier alpha value is -1.42. The fraction of sp³-hybridized carbons (Fsp3) is 0.455. The number of rotatable bonds is 3. The van der Waals surface area contributed by atoms with Crippen molar-refractivity contribution in [3.8, 4) is 0 Å². The van der Waals surface area contributed by atoms with Crippen LogP contribution >= 0.6 is 0 Å². The van der Waals surface area contributed by atoms with Gasteiger partial charge in [-0.1, -0.05) is 6.92 Å². The first kappa shape index (κ1) is 11.7. The average molecular weight is 207 g/mol. The summed E-state index contributed by atoms with van der Waals surface area (Å²) in [5, 5.41) is 2.78. The van der Waals surface area contributed by atoms with Gasteiger partial charge in [-0.05, 0) is 25.5 Å². The molecule has 4 nitrogen and oxygen atoms in total. The van der Waals surface area contributed by atoms with Crippen LogP contribution in [0.2, 0.25) is 0 Å². The average Bonchev–Trinajstić information content (AvgIpc) is 2.16. The third-order valence-electron chi connectivity index (χ3n) is 2.34. The van der Waals surface area contributed by atoms with E-state index in [1.807, 2.05) is 26.8 Å². The van der Waals surface area contributed by atoms with Gasteiger partial charge in [0.05, 0.1) is 17.8 Å². The van der Waals surface area contributed by atoms with Gasteiger partial charge in [-0.15, -0.1) is 0 Å². The molecule has 1 aromatic rings. The SMILES string of the molecule is Cc1cncc(NC(=O)C(C)C(C)N)c1. The number of carbonyl (C=O) groups is 1. The minimum atomic E-state index is -0.203. The van der Waals surface area contributed by atoms with Crippen LogP contribution in [-0.4, -0.2) is 16.9 Å². The first-order valence-electron chi connectivity index (χ1n) is 4.99. The maximum atomic E-state index is 11.6. The zero-order valence-corrected chi connectivity index (χ0v) is 9.32.